The van der Waals surface area contributed by atoms with Crippen molar-refractivity contribution in [2.75, 3.05) is 4.90 Å². The molecule has 3 heterocycles. The Kier molecular flexibility index (Phi) is 6.23. The van der Waals surface area contributed by atoms with E-state index in [2.05, 4.69) is 169 Å². The first-order valence-electron chi connectivity index (χ1n) is 16.8. The van der Waals surface area contributed by atoms with E-state index < -0.39 is 0 Å². The average Bonchev–Trinajstić information content (AvgIpc) is 3.84. The summed E-state index contributed by atoms with van der Waals surface area (Å²) in [6.07, 6.45) is 0. The van der Waals surface area contributed by atoms with Gasteiger partial charge >= 0.3 is 0 Å². The van der Waals surface area contributed by atoms with Crippen LogP contribution in [0.4, 0.5) is 17.1 Å². The van der Waals surface area contributed by atoms with E-state index in [1.165, 1.54) is 82.4 Å². The van der Waals surface area contributed by atoms with E-state index in [1.54, 1.807) is 0 Å². The SMILES string of the molecule is c1cc(-c2ccc(N(c3ccc4c(c3)sc3ccccc34)c3ccc4c(c3)sc3ccccc34)cc2)c2cc3c(cc2c1)sc1ccccc13. The highest BCUT2D eigenvalue weighted by molar-refractivity contribution is 7.26. The fourth-order valence-corrected chi connectivity index (χ4v) is 11.1. The molecule has 0 saturated heterocycles. The predicted molar refractivity (Wildman–Crippen MR) is 223 cm³/mol. The van der Waals surface area contributed by atoms with Gasteiger partial charge in [-0.3, -0.25) is 0 Å². The molecule has 0 radical (unpaired) electrons. The van der Waals surface area contributed by atoms with Gasteiger partial charge in [-0.05, 0) is 88.6 Å². The van der Waals surface area contributed by atoms with Crippen molar-refractivity contribution in [1.82, 2.24) is 0 Å². The van der Waals surface area contributed by atoms with Crippen LogP contribution in [0.5, 0.6) is 0 Å². The largest absolute Gasteiger partial charge is 0.310 e. The Morgan fingerprint density at radius 2 is 0.780 bits per heavy atom. The van der Waals surface area contributed by atoms with Crippen molar-refractivity contribution in [1.29, 1.82) is 0 Å². The summed E-state index contributed by atoms with van der Waals surface area (Å²) in [5.74, 6) is 0. The van der Waals surface area contributed by atoms with Crippen LogP contribution in [0.25, 0.3) is 82.4 Å². The zero-order chi connectivity index (χ0) is 32.8. The minimum Gasteiger partial charge on any atom is -0.310 e. The molecule has 0 unspecified atom stereocenters. The first-order chi connectivity index (χ1) is 24.7. The molecule has 11 aromatic rings. The number of hydrogen-bond acceptors (Lipinski definition) is 4. The van der Waals surface area contributed by atoms with Gasteiger partial charge < -0.3 is 4.90 Å². The second-order valence-corrected chi connectivity index (χ2v) is 16.2. The standard InChI is InChI=1S/C46H27NS3/c1-4-13-41-34(9-1)37-22-20-31(25-45(37)49-41)47(32-21-23-38-35-10-2-5-14-42(35)50-46(38)26-32)30-18-16-28(17-19-30)33-12-7-8-29-24-44-40(27-39(29)33)36-11-3-6-15-43(36)48-44/h1-27H. The summed E-state index contributed by atoms with van der Waals surface area (Å²) in [4.78, 5) is 2.42. The van der Waals surface area contributed by atoms with E-state index in [1.807, 2.05) is 34.0 Å². The van der Waals surface area contributed by atoms with Crippen LogP contribution >= 0.6 is 34.0 Å². The molecule has 50 heavy (non-hydrogen) atoms. The van der Waals surface area contributed by atoms with E-state index in [4.69, 9.17) is 0 Å². The minimum atomic E-state index is 1.14. The van der Waals surface area contributed by atoms with Gasteiger partial charge in [0.05, 0.1) is 0 Å². The molecule has 8 aromatic carbocycles. The summed E-state index contributed by atoms with van der Waals surface area (Å²) in [6, 6.07) is 60.7. The van der Waals surface area contributed by atoms with Gasteiger partial charge in [0.2, 0.25) is 0 Å². The van der Waals surface area contributed by atoms with Gasteiger partial charge in [0, 0.05) is 77.6 Å². The molecule has 0 amide bonds. The van der Waals surface area contributed by atoms with E-state index in [0.717, 1.165) is 17.1 Å². The van der Waals surface area contributed by atoms with Gasteiger partial charge in [0.15, 0.2) is 0 Å². The summed E-state index contributed by atoms with van der Waals surface area (Å²) in [6.45, 7) is 0. The van der Waals surface area contributed by atoms with Crippen molar-refractivity contribution in [3.8, 4) is 11.1 Å². The summed E-state index contributed by atoms with van der Waals surface area (Å²) in [7, 11) is 0. The second-order valence-electron chi connectivity index (χ2n) is 12.9. The van der Waals surface area contributed by atoms with Gasteiger partial charge in [-0.2, -0.15) is 0 Å². The monoisotopic (exact) mass is 689 g/mol. The summed E-state index contributed by atoms with van der Waals surface area (Å²) < 4.78 is 7.93. The van der Waals surface area contributed by atoms with Crippen LogP contribution in [0.1, 0.15) is 0 Å². The maximum Gasteiger partial charge on any atom is 0.0476 e. The van der Waals surface area contributed by atoms with Crippen LogP contribution in [-0.2, 0) is 0 Å². The Bertz CT molecular complexity index is 2990. The highest BCUT2D eigenvalue weighted by atomic mass is 32.1. The Morgan fingerprint density at radius 3 is 1.36 bits per heavy atom. The number of nitrogens with zero attached hydrogens (tertiary/aromatic N) is 1. The Balaban J connectivity index is 1.07. The maximum absolute atomic E-state index is 2.42. The van der Waals surface area contributed by atoms with E-state index in [-0.39, 0.29) is 0 Å². The van der Waals surface area contributed by atoms with Crippen molar-refractivity contribution < 1.29 is 0 Å². The van der Waals surface area contributed by atoms with Crippen LogP contribution in [-0.4, -0.2) is 0 Å². The lowest BCUT2D eigenvalue weighted by atomic mass is 9.96. The average molecular weight is 690 g/mol. The summed E-state index contributed by atoms with van der Waals surface area (Å²) in [5, 5.41) is 10.5. The van der Waals surface area contributed by atoms with E-state index in [9.17, 15) is 0 Å². The third-order valence-electron chi connectivity index (χ3n) is 10.1. The van der Waals surface area contributed by atoms with Crippen LogP contribution in [0.2, 0.25) is 0 Å². The van der Waals surface area contributed by atoms with Gasteiger partial charge in [-0.1, -0.05) is 97.1 Å². The summed E-state index contributed by atoms with van der Waals surface area (Å²) in [5.41, 5.74) is 5.94. The van der Waals surface area contributed by atoms with Crippen molar-refractivity contribution in [2.45, 2.75) is 0 Å². The Morgan fingerprint density at radius 1 is 0.300 bits per heavy atom. The number of benzene rings is 8. The third kappa shape index (κ3) is 4.36. The topological polar surface area (TPSA) is 3.24 Å². The Labute approximate surface area is 300 Å². The molecule has 3 aromatic heterocycles. The highest BCUT2D eigenvalue weighted by Crippen LogP contribution is 2.44. The lowest BCUT2D eigenvalue weighted by Gasteiger charge is -2.26. The maximum atomic E-state index is 2.42. The van der Waals surface area contributed by atoms with E-state index >= 15 is 0 Å². The molecule has 0 bridgehead atoms. The van der Waals surface area contributed by atoms with Crippen LogP contribution in [0.15, 0.2) is 164 Å². The molecule has 0 fully saturated rings. The van der Waals surface area contributed by atoms with Crippen LogP contribution in [0, 0.1) is 0 Å². The van der Waals surface area contributed by atoms with Gasteiger partial charge in [0.25, 0.3) is 0 Å². The third-order valence-corrected chi connectivity index (χ3v) is 13.5. The molecular formula is C46H27NS3. The number of anilines is 3. The zero-order valence-corrected chi connectivity index (χ0v) is 29.2. The molecule has 1 nitrogen and oxygen atoms in total. The molecule has 234 valence electrons. The number of rotatable bonds is 4. The molecular weight excluding hydrogens is 663 g/mol. The van der Waals surface area contributed by atoms with Crippen molar-refractivity contribution >= 4 is 122 Å². The molecule has 0 aliphatic carbocycles. The van der Waals surface area contributed by atoms with Crippen molar-refractivity contribution in [2.24, 2.45) is 0 Å². The normalized spacial score (nSPS) is 12.0. The quantitative estimate of drug-likeness (QED) is 0.178. The molecule has 0 spiro atoms. The molecule has 0 atom stereocenters. The smallest absolute Gasteiger partial charge is 0.0476 e. The molecule has 0 aliphatic rings. The fourth-order valence-electron chi connectivity index (χ4n) is 7.69. The van der Waals surface area contributed by atoms with Crippen LogP contribution < -0.4 is 4.90 Å². The first kappa shape index (κ1) is 28.3. The number of thiophene rings is 3. The number of hydrogen-bond donors (Lipinski definition) is 0. The lowest BCUT2D eigenvalue weighted by Crippen LogP contribution is -2.09. The fraction of sp³-hybridized carbons (Fsp3) is 0. The van der Waals surface area contributed by atoms with E-state index in [0.29, 0.717) is 0 Å². The minimum absolute atomic E-state index is 1.14. The molecule has 0 saturated carbocycles. The van der Waals surface area contributed by atoms with Crippen LogP contribution in [0.3, 0.4) is 0 Å². The molecule has 0 N–H and O–H groups in total. The van der Waals surface area contributed by atoms with Gasteiger partial charge in [-0.15, -0.1) is 34.0 Å². The molecule has 0 aliphatic heterocycles. The first-order valence-corrected chi connectivity index (χ1v) is 19.3. The molecule has 11 rings (SSSR count). The summed E-state index contributed by atoms with van der Waals surface area (Å²) >= 11 is 5.61. The second kappa shape index (κ2) is 11.0. The highest BCUT2D eigenvalue weighted by Gasteiger charge is 2.17. The number of fused-ring (bicyclic) bond motifs is 10. The molecule has 4 heteroatoms. The van der Waals surface area contributed by atoms with Crippen molar-refractivity contribution in [3.05, 3.63) is 164 Å². The zero-order valence-electron chi connectivity index (χ0n) is 26.8. The predicted octanol–water partition coefficient (Wildman–Crippen LogP) is 15.1. The van der Waals surface area contributed by atoms with Crippen molar-refractivity contribution in [3.63, 3.8) is 0 Å². The Hall–Kier alpha value is -5.52. The van der Waals surface area contributed by atoms with Gasteiger partial charge in [0.1, 0.15) is 0 Å². The lowest BCUT2D eigenvalue weighted by molar-refractivity contribution is 1.30. The van der Waals surface area contributed by atoms with Gasteiger partial charge in [-0.25, -0.2) is 0 Å².